The van der Waals surface area contributed by atoms with Crippen molar-refractivity contribution in [1.82, 2.24) is 4.90 Å². The Hall–Kier alpha value is -1.36. The molecule has 1 aliphatic heterocycles. The van der Waals surface area contributed by atoms with E-state index in [2.05, 4.69) is 19.1 Å². The van der Waals surface area contributed by atoms with Crippen molar-refractivity contribution in [3.05, 3.63) is 21.9 Å². The number of nitrogens with zero attached hydrogens (tertiary/aromatic N) is 1. The van der Waals surface area contributed by atoms with Crippen LogP contribution < -0.4 is 0 Å². The van der Waals surface area contributed by atoms with E-state index >= 15 is 0 Å². The Kier molecular flexibility index (Phi) is 4.52. The molecule has 1 N–H and O–H groups in total. The molecule has 0 bridgehead atoms. The predicted octanol–water partition coefficient (Wildman–Crippen LogP) is 3.41. The summed E-state index contributed by atoms with van der Waals surface area (Å²) in [6, 6.07) is 4.40. The zero-order valence-corrected chi connectivity index (χ0v) is 13.8. The summed E-state index contributed by atoms with van der Waals surface area (Å²) in [5.74, 6) is 0.0131. The van der Waals surface area contributed by atoms with Gasteiger partial charge in [-0.15, -0.1) is 11.3 Å². The molecule has 22 heavy (non-hydrogen) atoms. The molecule has 0 aromatic carbocycles. The van der Waals surface area contributed by atoms with Crippen LogP contribution in [0.4, 0.5) is 0 Å². The van der Waals surface area contributed by atoms with Crippen molar-refractivity contribution in [1.29, 1.82) is 0 Å². The van der Waals surface area contributed by atoms with Gasteiger partial charge in [-0.2, -0.15) is 0 Å². The number of rotatable bonds is 5. The normalized spacial score (nSPS) is 27.7. The monoisotopic (exact) mass is 321 g/mol. The Morgan fingerprint density at radius 1 is 1.36 bits per heavy atom. The number of likely N-dealkylation sites (tertiary alicyclic amines) is 1. The number of piperidine rings is 1. The number of aryl methyl sites for hydroxylation is 1. The lowest BCUT2D eigenvalue weighted by Gasteiger charge is -2.36. The van der Waals surface area contributed by atoms with Crippen LogP contribution >= 0.6 is 11.3 Å². The van der Waals surface area contributed by atoms with Gasteiger partial charge >= 0.3 is 5.97 Å². The average molecular weight is 321 g/mol. The molecule has 1 amide bonds. The van der Waals surface area contributed by atoms with Crippen LogP contribution in [0.1, 0.15) is 54.2 Å². The zero-order chi connectivity index (χ0) is 15.7. The Balaban J connectivity index is 1.62. The second-order valence-electron chi connectivity index (χ2n) is 6.51. The van der Waals surface area contributed by atoms with Gasteiger partial charge < -0.3 is 10.0 Å². The van der Waals surface area contributed by atoms with Gasteiger partial charge in [0.1, 0.15) is 0 Å². The number of amides is 1. The maximum atomic E-state index is 12.8. The van der Waals surface area contributed by atoms with Crippen molar-refractivity contribution in [3.8, 4) is 0 Å². The quantitative estimate of drug-likeness (QED) is 0.904. The first-order valence-electron chi connectivity index (χ1n) is 8.15. The first kappa shape index (κ1) is 15.5. The molecule has 5 heteroatoms. The summed E-state index contributed by atoms with van der Waals surface area (Å²) in [4.78, 5) is 28.2. The third-order valence-electron chi connectivity index (χ3n) is 4.84. The fraction of sp³-hybridized carbons (Fsp3) is 0.647. The molecule has 120 valence electrons. The summed E-state index contributed by atoms with van der Waals surface area (Å²) in [6.45, 7) is 2.90. The summed E-state index contributed by atoms with van der Waals surface area (Å²) in [7, 11) is 0. The number of carboxylic acid groups (broad SMARTS) is 1. The standard InChI is InChI=1S/C17H23NO3S/c1-11-5-7-15(22-11)13-10-14(13)17(21)18-9-3-2-4-12(18)6-8-16(19)20/h5,7,12-14H,2-4,6,8-10H2,1H3,(H,19,20). The largest absolute Gasteiger partial charge is 0.481 e. The van der Waals surface area contributed by atoms with Gasteiger partial charge in [-0.25, -0.2) is 0 Å². The van der Waals surface area contributed by atoms with Crippen LogP contribution in [0.3, 0.4) is 0 Å². The molecule has 1 aromatic rings. The van der Waals surface area contributed by atoms with Gasteiger partial charge in [0.2, 0.25) is 5.91 Å². The van der Waals surface area contributed by atoms with Crippen LogP contribution in [0.25, 0.3) is 0 Å². The lowest BCUT2D eigenvalue weighted by Crippen LogP contribution is -2.44. The maximum absolute atomic E-state index is 12.8. The molecule has 0 spiro atoms. The Morgan fingerprint density at radius 3 is 2.86 bits per heavy atom. The van der Waals surface area contributed by atoms with Crippen molar-refractivity contribution in [2.45, 2.75) is 57.4 Å². The van der Waals surface area contributed by atoms with Gasteiger partial charge in [-0.1, -0.05) is 0 Å². The maximum Gasteiger partial charge on any atom is 0.303 e. The number of carbonyl (C=O) groups excluding carboxylic acids is 1. The third-order valence-corrected chi connectivity index (χ3v) is 5.97. The van der Waals surface area contributed by atoms with Crippen LogP contribution in [0, 0.1) is 12.8 Å². The first-order valence-corrected chi connectivity index (χ1v) is 8.96. The van der Waals surface area contributed by atoms with Crippen molar-refractivity contribution < 1.29 is 14.7 Å². The van der Waals surface area contributed by atoms with Crippen LogP contribution in [0.15, 0.2) is 12.1 Å². The molecule has 2 heterocycles. The molecule has 1 saturated heterocycles. The van der Waals surface area contributed by atoms with Gasteiger partial charge in [-0.05, 0) is 51.2 Å². The van der Waals surface area contributed by atoms with Gasteiger partial charge in [0.15, 0.2) is 0 Å². The molecule has 3 unspecified atom stereocenters. The summed E-state index contributed by atoms with van der Waals surface area (Å²) in [5.41, 5.74) is 0. The molecule has 0 radical (unpaired) electrons. The minimum absolute atomic E-state index is 0.128. The van der Waals surface area contributed by atoms with E-state index in [0.29, 0.717) is 12.3 Å². The minimum Gasteiger partial charge on any atom is -0.481 e. The molecule has 2 aliphatic rings. The van der Waals surface area contributed by atoms with E-state index in [1.807, 2.05) is 4.90 Å². The summed E-state index contributed by atoms with van der Waals surface area (Å²) < 4.78 is 0. The van der Waals surface area contributed by atoms with Crippen molar-refractivity contribution in [2.24, 2.45) is 5.92 Å². The van der Waals surface area contributed by atoms with Crippen molar-refractivity contribution in [3.63, 3.8) is 0 Å². The topological polar surface area (TPSA) is 57.6 Å². The van der Waals surface area contributed by atoms with E-state index < -0.39 is 5.97 Å². The van der Waals surface area contributed by atoms with Crippen LogP contribution in [-0.2, 0) is 9.59 Å². The van der Waals surface area contributed by atoms with Crippen molar-refractivity contribution >= 4 is 23.2 Å². The fourth-order valence-corrected chi connectivity index (χ4v) is 4.58. The second-order valence-corrected chi connectivity index (χ2v) is 7.83. The number of carboxylic acids is 1. The molecule has 3 rings (SSSR count). The smallest absolute Gasteiger partial charge is 0.303 e. The Labute approximate surface area is 135 Å². The molecule has 3 atom stereocenters. The van der Waals surface area contributed by atoms with Gasteiger partial charge in [0.05, 0.1) is 0 Å². The minimum atomic E-state index is -0.767. The Morgan fingerprint density at radius 2 is 2.18 bits per heavy atom. The molecule has 1 aliphatic carbocycles. The summed E-state index contributed by atoms with van der Waals surface area (Å²) in [5, 5.41) is 8.88. The van der Waals surface area contributed by atoms with Gasteiger partial charge in [0.25, 0.3) is 0 Å². The zero-order valence-electron chi connectivity index (χ0n) is 13.0. The SMILES string of the molecule is Cc1ccc(C2CC2C(=O)N2CCCCC2CCC(=O)O)s1. The fourth-order valence-electron chi connectivity index (χ4n) is 3.53. The van der Waals surface area contributed by atoms with E-state index in [-0.39, 0.29) is 24.3 Å². The number of hydrogen-bond donors (Lipinski definition) is 1. The van der Waals surface area contributed by atoms with Crippen LogP contribution in [-0.4, -0.2) is 34.5 Å². The number of thiophene rings is 1. The van der Waals surface area contributed by atoms with Gasteiger partial charge in [0, 0.05) is 40.6 Å². The summed E-state index contributed by atoms with van der Waals surface area (Å²) >= 11 is 1.79. The second kappa shape index (κ2) is 6.41. The molecule has 2 fully saturated rings. The number of carbonyl (C=O) groups is 2. The average Bonchev–Trinajstić information content (AvgIpc) is 3.19. The van der Waals surface area contributed by atoms with E-state index in [9.17, 15) is 9.59 Å². The third kappa shape index (κ3) is 3.35. The van der Waals surface area contributed by atoms with E-state index in [0.717, 1.165) is 32.2 Å². The first-order chi connectivity index (χ1) is 10.6. The highest BCUT2D eigenvalue weighted by Crippen LogP contribution is 2.51. The lowest BCUT2D eigenvalue weighted by molar-refractivity contribution is -0.140. The number of aliphatic carboxylic acids is 1. The van der Waals surface area contributed by atoms with Crippen LogP contribution in [0.2, 0.25) is 0 Å². The van der Waals surface area contributed by atoms with E-state index in [1.54, 1.807) is 11.3 Å². The Bertz CT molecular complexity index is 568. The molecule has 1 saturated carbocycles. The highest BCUT2D eigenvalue weighted by Gasteiger charge is 2.47. The molecular formula is C17H23NO3S. The van der Waals surface area contributed by atoms with Crippen LogP contribution in [0.5, 0.6) is 0 Å². The predicted molar refractivity (Wildman–Crippen MR) is 86.1 cm³/mol. The molecule has 1 aromatic heterocycles. The van der Waals surface area contributed by atoms with E-state index in [1.165, 1.54) is 9.75 Å². The van der Waals surface area contributed by atoms with Crippen molar-refractivity contribution in [2.75, 3.05) is 6.54 Å². The van der Waals surface area contributed by atoms with E-state index in [4.69, 9.17) is 5.11 Å². The highest BCUT2D eigenvalue weighted by molar-refractivity contribution is 7.12. The van der Waals surface area contributed by atoms with Gasteiger partial charge in [-0.3, -0.25) is 9.59 Å². The lowest BCUT2D eigenvalue weighted by atomic mass is 9.97. The highest BCUT2D eigenvalue weighted by atomic mass is 32.1. The number of hydrogen-bond acceptors (Lipinski definition) is 3. The summed E-state index contributed by atoms with van der Waals surface area (Å²) in [6.07, 6.45) is 4.82. The molecular weight excluding hydrogens is 298 g/mol. The molecule has 4 nitrogen and oxygen atoms in total.